The van der Waals surface area contributed by atoms with Crippen LogP contribution in [0.4, 0.5) is 14.5 Å². The predicted octanol–water partition coefficient (Wildman–Crippen LogP) is 4.30. The summed E-state index contributed by atoms with van der Waals surface area (Å²) in [4.78, 5) is 23.6. The van der Waals surface area contributed by atoms with E-state index in [0.717, 1.165) is 5.69 Å². The molecule has 0 unspecified atom stereocenters. The monoisotopic (exact) mass is 418 g/mol. The van der Waals surface area contributed by atoms with Gasteiger partial charge in [-0.25, -0.2) is 0 Å². The molecule has 0 atom stereocenters. The van der Waals surface area contributed by atoms with Gasteiger partial charge in [-0.3, -0.25) is 19.6 Å². The molecule has 0 bridgehead atoms. The van der Waals surface area contributed by atoms with Crippen LogP contribution in [-0.4, -0.2) is 31.7 Å². The first-order valence-corrected chi connectivity index (χ1v) is 9.06. The summed E-state index contributed by atoms with van der Waals surface area (Å²) in [6, 6.07) is 7.82. The summed E-state index contributed by atoms with van der Waals surface area (Å²) in [5.41, 5.74) is 3.05. The predicted molar refractivity (Wildman–Crippen MR) is 105 cm³/mol. The fourth-order valence-corrected chi connectivity index (χ4v) is 3.55. The average molecular weight is 418 g/mol. The number of ether oxygens (including phenoxy) is 1. The second-order valence-corrected chi connectivity index (χ2v) is 6.85. The van der Waals surface area contributed by atoms with Crippen LogP contribution in [0.3, 0.4) is 0 Å². The molecule has 0 aliphatic heterocycles. The van der Waals surface area contributed by atoms with Crippen molar-refractivity contribution < 1.29 is 23.2 Å². The number of alkyl halides is 2. The Kier molecular flexibility index (Phi) is 5.68. The third-order valence-electron chi connectivity index (χ3n) is 4.87. The van der Waals surface area contributed by atoms with Crippen LogP contribution in [0, 0.1) is 37.8 Å². The molecule has 0 saturated heterocycles. The normalized spacial score (nSPS) is 11.2. The molecule has 0 aliphatic carbocycles. The van der Waals surface area contributed by atoms with Crippen LogP contribution in [0.25, 0.3) is 5.69 Å². The van der Waals surface area contributed by atoms with E-state index in [-0.39, 0.29) is 29.5 Å². The van der Waals surface area contributed by atoms with Crippen molar-refractivity contribution in [2.45, 2.75) is 40.9 Å². The SMILES string of the molecule is Cc1nn(CC(=O)c2cc(C)n(-c3ccc(OC(F)F)cc3)c2C)c(C)c1[N+](=O)[O-]. The number of benzene rings is 1. The highest BCUT2D eigenvalue weighted by Crippen LogP contribution is 2.25. The number of carbonyl (C=O) groups excluding carboxylic acids is 1. The van der Waals surface area contributed by atoms with Crippen molar-refractivity contribution in [2.75, 3.05) is 0 Å². The summed E-state index contributed by atoms with van der Waals surface area (Å²) < 4.78 is 32.2. The van der Waals surface area contributed by atoms with E-state index in [1.807, 2.05) is 11.5 Å². The number of carbonyl (C=O) groups is 1. The van der Waals surface area contributed by atoms with Gasteiger partial charge < -0.3 is 9.30 Å². The molecule has 2 aromatic heterocycles. The third-order valence-corrected chi connectivity index (χ3v) is 4.87. The molecule has 3 aromatic rings. The molecule has 0 N–H and O–H groups in total. The van der Waals surface area contributed by atoms with Gasteiger partial charge >= 0.3 is 12.3 Å². The summed E-state index contributed by atoms with van der Waals surface area (Å²) in [6.07, 6.45) is 0. The van der Waals surface area contributed by atoms with Crippen LogP contribution in [0.1, 0.15) is 33.1 Å². The summed E-state index contributed by atoms with van der Waals surface area (Å²) in [5.74, 6) is -0.203. The van der Waals surface area contributed by atoms with E-state index in [9.17, 15) is 23.7 Å². The zero-order valence-electron chi connectivity index (χ0n) is 16.8. The Morgan fingerprint density at radius 3 is 2.33 bits per heavy atom. The number of hydrogen-bond donors (Lipinski definition) is 0. The zero-order valence-corrected chi connectivity index (χ0v) is 16.8. The van der Waals surface area contributed by atoms with Crippen LogP contribution >= 0.6 is 0 Å². The van der Waals surface area contributed by atoms with Crippen molar-refractivity contribution in [1.29, 1.82) is 0 Å². The standard InChI is InChI=1S/C20H20F2N4O4/c1-11-9-17(18(27)10-24-14(4)19(26(28)29)12(2)23-24)13(3)25(11)15-5-7-16(8-6-15)30-20(21)22/h5-9,20H,10H2,1-4H3. The lowest BCUT2D eigenvalue weighted by molar-refractivity contribution is -0.386. The molecule has 0 saturated carbocycles. The Labute approximate surface area is 170 Å². The lowest BCUT2D eigenvalue weighted by Gasteiger charge is -2.11. The van der Waals surface area contributed by atoms with E-state index in [1.54, 1.807) is 32.0 Å². The number of Topliss-reactive ketones (excluding diaryl/α,β-unsaturated/α-hetero) is 1. The number of ketones is 1. The number of aromatic nitrogens is 3. The second-order valence-electron chi connectivity index (χ2n) is 6.85. The molecule has 30 heavy (non-hydrogen) atoms. The largest absolute Gasteiger partial charge is 0.435 e. The van der Waals surface area contributed by atoms with Crippen LogP contribution in [0.5, 0.6) is 5.75 Å². The quantitative estimate of drug-likeness (QED) is 0.324. The summed E-state index contributed by atoms with van der Waals surface area (Å²) in [6.45, 7) is 3.64. The maximum Gasteiger partial charge on any atom is 0.387 e. The second kappa shape index (κ2) is 8.05. The molecule has 0 aliphatic rings. The number of nitro groups is 1. The molecule has 158 valence electrons. The van der Waals surface area contributed by atoms with Crippen LogP contribution < -0.4 is 4.74 Å². The third kappa shape index (κ3) is 3.93. The minimum absolute atomic E-state index is 0.0404. The van der Waals surface area contributed by atoms with Gasteiger partial charge in [0.25, 0.3) is 0 Å². The summed E-state index contributed by atoms with van der Waals surface area (Å²) in [7, 11) is 0. The minimum Gasteiger partial charge on any atom is -0.435 e. The Bertz CT molecular complexity index is 1120. The molecule has 3 rings (SSSR count). The number of hydrogen-bond acceptors (Lipinski definition) is 5. The van der Waals surface area contributed by atoms with Crippen molar-refractivity contribution in [1.82, 2.24) is 14.3 Å². The molecule has 1 aromatic carbocycles. The molecule has 0 spiro atoms. The van der Waals surface area contributed by atoms with Gasteiger partial charge in [0, 0.05) is 22.6 Å². The first-order chi connectivity index (χ1) is 14.1. The van der Waals surface area contributed by atoms with Gasteiger partial charge in [-0.15, -0.1) is 0 Å². The van der Waals surface area contributed by atoms with Crippen LogP contribution in [0.2, 0.25) is 0 Å². The van der Waals surface area contributed by atoms with Crippen LogP contribution in [0.15, 0.2) is 30.3 Å². The number of nitrogens with zero attached hydrogens (tertiary/aromatic N) is 4. The first-order valence-electron chi connectivity index (χ1n) is 9.06. The molecule has 8 nitrogen and oxygen atoms in total. The first kappa shape index (κ1) is 21.2. The van der Waals surface area contributed by atoms with Gasteiger partial charge in [0.2, 0.25) is 0 Å². The summed E-state index contributed by atoms with van der Waals surface area (Å²) >= 11 is 0. The number of aryl methyl sites for hydroxylation is 2. The molecule has 0 radical (unpaired) electrons. The van der Waals surface area contributed by atoms with Crippen molar-refractivity contribution in [3.8, 4) is 11.4 Å². The Hall–Kier alpha value is -3.56. The van der Waals surface area contributed by atoms with Crippen molar-refractivity contribution in [2.24, 2.45) is 0 Å². The Balaban J connectivity index is 1.89. The lowest BCUT2D eigenvalue weighted by Crippen LogP contribution is -2.14. The van der Waals surface area contributed by atoms with E-state index in [4.69, 9.17) is 0 Å². The van der Waals surface area contributed by atoms with E-state index < -0.39 is 11.5 Å². The lowest BCUT2D eigenvalue weighted by atomic mass is 10.1. The Morgan fingerprint density at radius 2 is 1.80 bits per heavy atom. The van der Waals surface area contributed by atoms with Gasteiger partial charge in [0.15, 0.2) is 5.78 Å². The minimum atomic E-state index is -2.90. The Morgan fingerprint density at radius 1 is 1.17 bits per heavy atom. The van der Waals surface area contributed by atoms with Gasteiger partial charge in [-0.05, 0) is 58.0 Å². The maximum atomic E-state index is 12.9. The summed E-state index contributed by atoms with van der Waals surface area (Å²) in [5, 5.41) is 15.3. The van der Waals surface area contributed by atoms with Gasteiger partial charge in [0.05, 0.1) is 4.92 Å². The molecule has 2 heterocycles. The van der Waals surface area contributed by atoms with E-state index in [1.165, 1.54) is 23.7 Å². The van der Waals surface area contributed by atoms with E-state index in [2.05, 4.69) is 9.84 Å². The molecule has 10 heteroatoms. The highest BCUT2D eigenvalue weighted by Gasteiger charge is 2.24. The fraction of sp³-hybridized carbons (Fsp3) is 0.300. The molecular formula is C20H20F2N4O4. The van der Waals surface area contributed by atoms with Crippen molar-refractivity contribution >= 4 is 11.5 Å². The number of halogens is 2. The van der Waals surface area contributed by atoms with E-state index >= 15 is 0 Å². The zero-order chi connectivity index (χ0) is 22.2. The average Bonchev–Trinajstić information content (AvgIpc) is 3.10. The van der Waals surface area contributed by atoms with E-state index in [0.29, 0.717) is 22.6 Å². The highest BCUT2D eigenvalue weighted by molar-refractivity contribution is 5.97. The van der Waals surface area contributed by atoms with Crippen molar-refractivity contribution in [3.63, 3.8) is 0 Å². The van der Waals surface area contributed by atoms with Crippen molar-refractivity contribution in [3.05, 3.63) is 68.8 Å². The van der Waals surface area contributed by atoms with Gasteiger partial charge in [0.1, 0.15) is 23.7 Å². The van der Waals surface area contributed by atoms with Gasteiger partial charge in [-0.1, -0.05) is 0 Å². The fourth-order valence-electron chi connectivity index (χ4n) is 3.55. The van der Waals surface area contributed by atoms with Gasteiger partial charge in [-0.2, -0.15) is 13.9 Å². The topological polar surface area (TPSA) is 92.2 Å². The van der Waals surface area contributed by atoms with Crippen LogP contribution in [-0.2, 0) is 6.54 Å². The highest BCUT2D eigenvalue weighted by atomic mass is 19.3. The molecule has 0 amide bonds. The molecule has 0 fully saturated rings. The maximum absolute atomic E-state index is 12.9. The molecular weight excluding hydrogens is 398 g/mol. The smallest absolute Gasteiger partial charge is 0.387 e. The number of rotatable bonds is 7.